The molecule has 1 aromatic rings. The van der Waals surface area contributed by atoms with Crippen LogP contribution in [-0.4, -0.2) is 65.3 Å². The molecule has 1 aromatic carbocycles. The van der Waals surface area contributed by atoms with Crippen molar-refractivity contribution >= 4 is 29.9 Å². The molecule has 0 spiro atoms. The van der Waals surface area contributed by atoms with E-state index < -0.39 is 4.92 Å². The number of carbonyl (C=O) groups is 2. The Morgan fingerprint density at radius 3 is 2.20 bits per heavy atom. The van der Waals surface area contributed by atoms with Gasteiger partial charge in [-0.25, -0.2) is 0 Å². The number of piperazine rings is 1. The second-order valence-electron chi connectivity index (χ2n) is 6.07. The molecule has 2 amide bonds. The lowest BCUT2D eigenvalue weighted by Gasteiger charge is -2.36. The number of amides is 2. The van der Waals surface area contributed by atoms with Gasteiger partial charge in [-0.2, -0.15) is 0 Å². The van der Waals surface area contributed by atoms with E-state index >= 15 is 0 Å². The van der Waals surface area contributed by atoms with Crippen molar-refractivity contribution in [2.24, 2.45) is 0 Å². The van der Waals surface area contributed by atoms with Gasteiger partial charge in [0.2, 0.25) is 5.91 Å². The number of non-ortho nitro benzene ring substituents is 1. The van der Waals surface area contributed by atoms with E-state index in [-0.39, 0.29) is 36.0 Å². The quantitative estimate of drug-likeness (QED) is 0.635. The van der Waals surface area contributed by atoms with Crippen molar-refractivity contribution in [1.29, 1.82) is 0 Å². The van der Waals surface area contributed by atoms with Crippen molar-refractivity contribution < 1.29 is 14.5 Å². The molecule has 8 nitrogen and oxygen atoms in total. The van der Waals surface area contributed by atoms with E-state index in [4.69, 9.17) is 0 Å². The third kappa shape index (κ3) is 4.26. The Kier molecular flexibility index (Phi) is 6.33. The number of hydrogen-bond donors (Lipinski definition) is 1. The summed E-state index contributed by atoms with van der Waals surface area (Å²) in [6.45, 7) is 2.89. The molecule has 2 aliphatic rings. The SMILES string of the molecule is Cl.O=C(c1ccc([N+](=O)[O-])cc1)N1CCN(C(=O)C2CCCN2)CC1. The fourth-order valence-electron chi connectivity index (χ4n) is 3.15. The molecule has 2 saturated heterocycles. The smallest absolute Gasteiger partial charge is 0.269 e. The maximum atomic E-state index is 12.5. The summed E-state index contributed by atoms with van der Waals surface area (Å²) < 4.78 is 0. The first-order valence-corrected chi connectivity index (χ1v) is 8.12. The van der Waals surface area contributed by atoms with Gasteiger partial charge in [0, 0.05) is 43.9 Å². The third-order valence-electron chi connectivity index (χ3n) is 4.56. The topological polar surface area (TPSA) is 95.8 Å². The van der Waals surface area contributed by atoms with Gasteiger partial charge in [-0.1, -0.05) is 0 Å². The maximum absolute atomic E-state index is 12.5. The molecule has 9 heteroatoms. The largest absolute Gasteiger partial charge is 0.338 e. The number of benzene rings is 1. The number of carbonyl (C=O) groups excluding carboxylic acids is 2. The lowest BCUT2D eigenvalue weighted by atomic mass is 10.1. The van der Waals surface area contributed by atoms with Gasteiger partial charge in [-0.3, -0.25) is 19.7 Å². The van der Waals surface area contributed by atoms with Gasteiger partial charge in [0.1, 0.15) is 0 Å². The van der Waals surface area contributed by atoms with Gasteiger partial charge in [0.25, 0.3) is 11.6 Å². The summed E-state index contributed by atoms with van der Waals surface area (Å²) in [5.74, 6) is -0.0362. The zero-order chi connectivity index (χ0) is 17.1. The molecule has 25 heavy (non-hydrogen) atoms. The number of hydrogen-bond acceptors (Lipinski definition) is 5. The molecule has 0 aliphatic carbocycles. The molecular formula is C16H21ClN4O4. The van der Waals surface area contributed by atoms with Gasteiger partial charge < -0.3 is 15.1 Å². The van der Waals surface area contributed by atoms with Crippen molar-refractivity contribution in [3.05, 3.63) is 39.9 Å². The van der Waals surface area contributed by atoms with E-state index in [1.54, 1.807) is 4.90 Å². The standard InChI is InChI=1S/C16H20N4O4.ClH/c21-15(12-3-5-13(6-4-12)20(23)24)18-8-10-19(11-9-18)16(22)14-2-1-7-17-14;/h3-6,14,17H,1-2,7-11H2;1H. The summed E-state index contributed by atoms with van der Waals surface area (Å²) in [6, 6.07) is 5.53. The second kappa shape index (κ2) is 8.26. The summed E-state index contributed by atoms with van der Waals surface area (Å²) >= 11 is 0. The van der Waals surface area contributed by atoms with Crippen LogP contribution >= 0.6 is 12.4 Å². The van der Waals surface area contributed by atoms with Crippen LogP contribution in [0.3, 0.4) is 0 Å². The van der Waals surface area contributed by atoms with E-state index in [0.717, 1.165) is 19.4 Å². The predicted octanol–water partition coefficient (Wildman–Crippen LogP) is 1.05. The molecular weight excluding hydrogens is 348 g/mol. The second-order valence-corrected chi connectivity index (χ2v) is 6.07. The molecule has 1 unspecified atom stereocenters. The lowest BCUT2D eigenvalue weighted by molar-refractivity contribution is -0.384. The Labute approximate surface area is 151 Å². The minimum Gasteiger partial charge on any atom is -0.338 e. The van der Waals surface area contributed by atoms with E-state index in [2.05, 4.69) is 5.32 Å². The summed E-state index contributed by atoms with van der Waals surface area (Å²) in [5, 5.41) is 13.9. The Balaban J connectivity index is 0.00000225. The summed E-state index contributed by atoms with van der Waals surface area (Å²) in [5.41, 5.74) is 0.392. The molecule has 2 aliphatic heterocycles. The lowest BCUT2D eigenvalue weighted by Crippen LogP contribution is -2.54. The Morgan fingerprint density at radius 2 is 1.68 bits per heavy atom. The summed E-state index contributed by atoms with van der Waals surface area (Å²) in [6.07, 6.45) is 1.90. The minimum atomic E-state index is -0.490. The third-order valence-corrected chi connectivity index (χ3v) is 4.56. The monoisotopic (exact) mass is 368 g/mol. The van der Waals surface area contributed by atoms with Crippen LogP contribution in [0.2, 0.25) is 0 Å². The first-order chi connectivity index (χ1) is 11.6. The number of nitrogens with one attached hydrogen (secondary N) is 1. The van der Waals surface area contributed by atoms with Crippen molar-refractivity contribution in [1.82, 2.24) is 15.1 Å². The normalized spacial score (nSPS) is 20.1. The van der Waals surface area contributed by atoms with Crippen LogP contribution in [0.4, 0.5) is 5.69 Å². The van der Waals surface area contributed by atoms with Gasteiger partial charge in [-0.15, -0.1) is 12.4 Å². The molecule has 2 fully saturated rings. The van der Waals surface area contributed by atoms with Gasteiger partial charge in [0.05, 0.1) is 11.0 Å². The van der Waals surface area contributed by atoms with Crippen LogP contribution in [0.5, 0.6) is 0 Å². The van der Waals surface area contributed by atoms with Crippen molar-refractivity contribution in [2.75, 3.05) is 32.7 Å². The highest BCUT2D eigenvalue weighted by Crippen LogP contribution is 2.16. The van der Waals surface area contributed by atoms with E-state index in [1.165, 1.54) is 24.3 Å². The summed E-state index contributed by atoms with van der Waals surface area (Å²) in [4.78, 5) is 38.5. The van der Waals surface area contributed by atoms with Crippen molar-refractivity contribution in [3.63, 3.8) is 0 Å². The first kappa shape index (κ1) is 19.1. The maximum Gasteiger partial charge on any atom is 0.269 e. The molecule has 2 heterocycles. The molecule has 1 atom stereocenters. The molecule has 0 saturated carbocycles. The molecule has 0 radical (unpaired) electrons. The molecule has 0 aromatic heterocycles. The molecule has 136 valence electrons. The fraction of sp³-hybridized carbons (Fsp3) is 0.500. The van der Waals surface area contributed by atoms with Crippen LogP contribution in [0.15, 0.2) is 24.3 Å². The zero-order valence-electron chi connectivity index (χ0n) is 13.7. The average Bonchev–Trinajstić information content (AvgIpc) is 3.15. The number of nitrogens with zero attached hydrogens (tertiary/aromatic N) is 3. The zero-order valence-corrected chi connectivity index (χ0v) is 14.5. The molecule has 1 N–H and O–H groups in total. The highest BCUT2D eigenvalue weighted by Gasteiger charge is 2.30. The minimum absolute atomic E-state index is 0. The first-order valence-electron chi connectivity index (χ1n) is 8.12. The van der Waals surface area contributed by atoms with Crippen molar-refractivity contribution in [2.45, 2.75) is 18.9 Å². The predicted molar refractivity (Wildman–Crippen MR) is 93.9 cm³/mol. The number of rotatable bonds is 3. The number of nitro groups is 1. The highest BCUT2D eigenvalue weighted by atomic mass is 35.5. The Bertz CT molecular complexity index is 638. The Hall–Kier alpha value is -2.19. The van der Waals surface area contributed by atoms with Crippen LogP contribution in [0.1, 0.15) is 23.2 Å². The van der Waals surface area contributed by atoms with Crippen LogP contribution < -0.4 is 5.32 Å². The van der Waals surface area contributed by atoms with Gasteiger partial charge in [-0.05, 0) is 31.5 Å². The number of halogens is 1. The Morgan fingerprint density at radius 1 is 1.08 bits per heavy atom. The van der Waals surface area contributed by atoms with E-state index in [1.807, 2.05) is 4.90 Å². The van der Waals surface area contributed by atoms with Crippen molar-refractivity contribution in [3.8, 4) is 0 Å². The summed E-state index contributed by atoms with van der Waals surface area (Å²) in [7, 11) is 0. The van der Waals surface area contributed by atoms with Gasteiger partial charge >= 0.3 is 0 Å². The highest BCUT2D eigenvalue weighted by molar-refractivity contribution is 5.94. The fourth-order valence-corrected chi connectivity index (χ4v) is 3.15. The van der Waals surface area contributed by atoms with E-state index in [0.29, 0.717) is 31.7 Å². The average molecular weight is 369 g/mol. The number of nitro benzene ring substituents is 1. The van der Waals surface area contributed by atoms with Crippen LogP contribution in [0, 0.1) is 10.1 Å². The molecule has 3 rings (SSSR count). The molecule has 0 bridgehead atoms. The van der Waals surface area contributed by atoms with Crippen LogP contribution in [-0.2, 0) is 4.79 Å². The van der Waals surface area contributed by atoms with Crippen LogP contribution in [0.25, 0.3) is 0 Å². The van der Waals surface area contributed by atoms with Gasteiger partial charge in [0.15, 0.2) is 0 Å². The van der Waals surface area contributed by atoms with E-state index in [9.17, 15) is 19.7 Å².